The standard InChI is InChI=1S/C15H29N3O2/c1-5-15(8-7-9-16-11-15)14(20)18(6-2)10-13(19)17-12(3)4/h12,16H,5-11H2,1-4H3,(H,17,19). The smallest absolute Gasteiger partial charge is 0.239 e. The Morgan fingerprint density at radius 1 is 1.35 bits per heavy atom. The third-order valence-corrected chi connectivity index (χ3v) is 4.06. The maximum atomic E-state index is 12.8. The molecular weight excluding hydrogens is 254 g/mol. The van der Waals surface area contributed by atoms with Crippen LogP contribution in [0.2, 0.25) is 0 Å². The van der Waals surface area contributed by atoms with Gasteiger partial charge in [0.25, 0.3) is 0 Å². The molecule has 0 radical (unpaired) electrons. The molecule has 5 heteroatoms. The summed E-state index contributed by atoms with van der Waals surface area (Å²) in [5.41, 5.74) is -0.327. The van der Waals surface area contributed by atoms with E-state index in [0.29, 0.717) is 6.54 Å². The van der Waals surface area contributed by atoms with Crippen LogP contribution >= 0.6 is 0 Å². The second kappa shape index (κ2) is 7.62. The molecule has 0 aromatic rings. The molecular formula is C15H29N3O2. The minimum atomic E-state index is -0.327. The van der Waals surface area contributed by atoms with Crippen LogP contribution in [0.3, 0.4) is 0 Å². The molecule has 0 aromatic heterocycles. The van der Waals surface area contributed by atoms with Gasteiger partial charge in [-0.3, -0.25) is 9.59 Å². The van der Waals surface area contributed by atoms with Crippen LogP contribution in [0, 0.1) is 5.41 Å². The molecule has 2 N–H and O–H groups in total. The summed E-state index contributed by atoms with van der Waals surface area (Å²) >= 11 is 0. The number of rotatable bonds is 6. The molecule has 20 heavy (non-hydrogen) atoms. The van der Waals surface area contributed by atoms with Crippen molar-refractivity contribution < 1.29 is 9.59 Å². The molecule has 1 unspecified atom stereocenters. The first kappa shape index (κ1) is 17.0. The number of nitrogens with one attached hydrogen (secondary N) is 2. The summed E-state index contributed by atoms with van der Waals surface area (Å²) in [5, 5.41) is 6.17. The minimum absolute atomic E-state index is 0.0785. The van der Waals surface area contributed by atoms with Crippen LogP contribution in [0.15, 0.2) is 0 Å². The molecule has 1 fully saturated rings. The predicted octanol–water partition coefficient (Wildman–Crippen LogP) is 1.14. The van der Waals surface area contributed by atoms with Crippen LogP contribution in [-0.2, 0) is 9.59 Å². The van der Waals surface area contributed by atoms with E-state index in [4.69, 9.17) is 0 Å². The molecule has 116 valence electrons. The Labute approximate surface area is 122 Å². The van der Waals surface area contributed by atoms with E-state index in [1.807, 2.05) is 20.8 Å². The average molecular weight is 283 g/mol. The van der Waals surface area contributed by atoms with E-state index in [1.165, 1.54) is 0 Å². The third kappa shape index (κ3) is 4.20. The van der Waals surface area contributed by atoms with Crippen LogP contribution < -0.4 is 10.6 Å². The number of likely N-dealkylation sites (N-methyl/N-ethyl adjacent to an activating group) is 1. The van der Waals surface area contributed by atoms with Crippen molar-refractivity contribution in [2.45, 2.75) is 53.0 Å². The largest absolute Gasteiger partial charge is 0.352 e. The fourth-order valence-electron chi connectivity index (χ4n) is 2.81. The van der Waals surface area contributed by atoms with Crippen LogP contribution in [0.25, 0.3) is 0 Å². The summed E-state index contributed by atoms with van der Waals surface area (Å²) < 4.78 is 0. The molecule has 1 aliphatic heterocycles. The lowest BCUT2D eigenvalue weighted by atomic mass is 9.77. The van der Waals surface area contributed by atoms with Crippen molar-refractivity contribution in [3.63, 3.8) is 0 Å². The van der Waals surface area contributed by atoms with Gasteiger partial charge in [0.05, 0.1) is 12.0 Å². The molecule has 2 amide bonds. The highest BCUT2D eigenvalue weighted by atomic mass is 16.2. The average Bonchev–Trinajstić information content (AvgIpc) is 2.44. The quantitative estimate of drug-likeness (QED) is 0.768. The van der Waals surface area contributed by atoms with Gasteiger partial charge in [-0.15, -0.1) is 0 Å². The topological polar surface area (TPSA) is 61.4 Å². The van der Waals surface area contributed by atoms with Gasteiger partial charge in [0.1, 0.15) is 0 Å². The highest BCUT2D eigenvalue weighted by Crippen LogP contribution is 2.32. The molecule has 0 bridgehead atoms. The third-order valence-electron chi connectivity index (χ3n) is 4.06. The van der Waals surface area contributed by atoms with E-state index in [1.54, 1.807) is 4.90 Å². The van der Waals surface area contributed by atoms with Gasteiger partial charge in [-0.2, -0.15) is 0 Å². The van der Waals surface area contributed by atoms with Gasteiger partial charge in [-0.05, 0) is 46.6 Å². The van der Waals surface area contributed by atoms with Crippen molar-refractivity contribution in [2.24, 2.45) is 5.41 Å². The Morgan fingerprint density at radius 2 is 2.05 bits per heavy atom. The first-order valence-corrected chi connectivity index (χ1v) is 7.74. The van der Waals surface area contributed by atoms with E-state index < -0.39 is 0 Å². The molecule has 1 heterocycles. The molecule has 0 spiro atoms. The monoisotopic (exact) mass is 283 g/mol. The first-order chi connectivity index (χ1) is 9.45. The van der Waals surface area contributed by atoms with E-state index in [-0.39, 0.29) is 29.8 Å². The van der Waals surface area contributed by atoms with Gasteiger partial charge >= 0.3 is 0 Å². The fourth-order valence-corrected chi connectivity index (χ4v) is 2.81. The summed E-state index contributed by atoms with van der Waals surface area (Å²) in [6.07, 6.45) is 2.76. The summed E-state index contributed by atoms with van der Waals surface area (Å²) in [6, 6.07) is 0.104. The second-order valence-electron chi connectivity index (χ2n) is 5.96. The highest BCUT2D eigenvalue weighted by molar-refractivity contribution is 5.88. The van der Waals surface area contributed by atoms with Crippen molar-refractivity contribution in [1.82, 2.24) is 15.5 Å². The summed E-state index contributed by atoms with van der Waals surface area (Å²) in [6.45, 7) is 10.3. The Balaban J connectivity index is 2.72. The van der Waals surface area contributed by atoms with E-state index in [2.05, 4.69) is 17.6 Å². The van der Waals surface area contributed by atoms with Gasteiger partial charge in [0.2, 0.25) is 11.8 Å². The number of carbonyl (C=O) groups excluding carboxylic acids is 2. The van der Waals surface area contributed by atoms with Crippen LogP contribution in [0.5, 0.6) is 0 Å². The lowest BCUT2D eigenvalue weighted by Crippen LogP contribution is -2.53. The van der Waals surface area contributed by atoms with Gasteiger partial charge in [-0.25, -0.2) is 0 Å². The van der Waals surface area contributed by atoms with E-state index in [0.717, 1.165) is 32.4 Å². The molecule has 0 aromatic carbocycles. The number of carbonyl (C=O) groups is 2. The number of nitrogens with zero attached hydrogens (tertiary/aromatic N) is 1. The molecule has 1 aliphatic rings. The van der Waals surface area contributed by atoms with Crippen LogP contribution in [0.1, 0.15) is 47.0 Å². The molecule has 0 saturated carbocycles. The molecule has 0 aliphatic carbocycles. The number of amides is 2. The zero-order valence-electron chi connectivity index (χ0n) is 13.3. The van der Waals surface area contributed by atoms with Crippen molar-refractivity contribution in [2.75, 3.05) is 26.2 Å². The lowest BCUT2D eigenvalue weighted by Gasteiger charge is -2.39. The van der Waals surface area contributed by atoms with Gasteiger partial charge in [0.15, 0.2) is 0 Å². The summed E-state index contributed by atoms with van der Waals surface area (Å²) in [4.78, 5) is 26.4. The van der Waals surface area contributed by atoms with Crippen molar-refractivity contribution in [1.29, 1.82) is 0 Å². The Hall–Kier alpha value is -1.10. The maximum absolute atomic E-state index is 12.8. The Bertz CT molecular complexity index is 336. The van der Waals surface area contributed by atoms with Gasteiger partial charge in [-0.1, -0.05) is 6.92 Å². The normalized spacial score (nSPS) is 22.6. The second-order valence-corrected chi connectivity index (χ2v) is 5.96. The van der Waals surface area contributed by atoms with Crippen LogP contribution in [-0.4, -0.2) is 48.9 Å². The molecule has 5 nitrogen and oxygen atoms in total. The zero-order chi connectivity index (χ0) is 15.2. The summed E-state index contributed by atoms with van der Waals surface area (Å²) in [5.74, 6) is 0.0406. The van der Waals surface area contributed by atoms with E-state index in [9.17, 15) is 9.59 Å². The van der Waals surface area contributed by atoms with Crippen LogP contribution in [0.4, 0.5) is 0 Å². The SMILES string of the molecule is CCN(CC(=O)NC(C)C)C(=O)C1(CC)CCCNC1. The lowest BCUT2D eigenvalue weighted by molar-refractivity contribution is -0.146. The van der Waals surface area contributed by atoms with Crippen molar-refractivity contribution in [3.05, 3.63) is 0 Å². The molecule has 1 atom stereocenters. The van der Waals surface area contributed by atoms with Gasteiger partial charge in [0, 0.05) is 19.1 Å². The van der Waals surface area contributed by atoms with E-state index >= 15 is 0 Å². The van der Waals surface area contributed by atoms with Crippen molar-refractivity contribution in [3.8, 4) is 0 Å². The highest BCUT2D eigenvalue weighted by Gasteiger charge is 2.40. The minimum Gasteiger partial charge on any atom is -0.352 e. The number of hydrogen-bond acceptors (Lipinski definition) is 3. The molecule has 1 saturated heterocycles. The zero-order valence-corrected chi connectivity index (χ0v) is 13.3. The first-order valence-electron chi connectivity index (χ1n) is 7.74. The fraction of sp³-hybridized carbons (Fsp3) is 0.867. The number of piperidine rings is 1. The molecule has 1 rings (SSSR count). The Kier molecular flexibility index (Phi) is 6.46. The van der Waals surface area contributed by atoms with Gasteiger partial charge < -0.3 is 15.5 Å². The van der Waals surface area contributed by atoms with Crippen molar-refractivity contribution >= 4 is 11.8 Å². The Morgan fingerprint density at radius 3 is 2.50 bits per heavy atom. The predicted molar refractivity (Wildman–Crippen MR) is 80.4 cm³/mol. The summed E-state index contributed by atoms with van der Waals surface area (Å²) in [7, 11) is 0. The number of hydrogen-bond donors (Lipinski definition) is 2. The maximum Gasteiger partial charge on any atom is 0.239 e.